The molecular weight excluding hydrogens is 360 g/mol. The number of methoxy groups -OCH3 is 1. The Morgan fingerprint density at radius 2 is 1.79 bits per heavy atom. The molecule has 1 aromatic carbocycles. The molecule has 5 nitrogen and oxygen atoms in total. The Hall–Kier alpha value is -2.56. The number of anilines is 3. The van der Waals surface area contributed by atoms with Crippen molar-refractivity contribution in [2.45, 2.75) is 50.9 Å². The number of hydrogen-bond donors (Lipinski definition) is 1. The van der Waals surface area contributed by atoms with Crippen molar-refractivity contribution in [1.82, 2.24) is 9.97 Å². The summed E-state index contributed by atoms with van der Waals surface area (Å²) in [5.41, 5.74) is 4.72. The van der Waals surface area contributed by atoms with Gasteiger partial charge in [-0.25, -0.2) is 9.97 Å². The van der Waals surface area contributed by atoms with E-state index in [2.05, 4.69) is 45.5 Å². The van der Waals surface area contributed by atoms with Gasteiger partial charge >= 0.3 is 0 Å². The van der Waals surface area contributed by atoms with Crippen LogP contribution in [-0.4, -0.2) is 30.2 Å². The van der Waals surface area contributed by atoms with E-state index in [-0.39, 0.29) is 5.92 Å². The predicted octanol–water partition coefficient (Wildman–Crippen LogP) is 5.18. The highest BCUT2D eigenvalue weighted by Gasteiger charge is 2.35. The molecule has 152 valence electrons. The van der Waals surface area contributed by atoms with Gasteiger partial charge in [-0.2, -0.15) is 0 Å². The Bertz CT molecular complexity index is 880. The minimum Gasteiger partial charge on any atom is -0.501 e. The average Bonchev–Trinajstić information content (AvgIpc) is 3.48. The second-order valence-electron chi connectivity index (χ2n) is 8.51. The molecule has 1 aliphatic heterocycles. The number of aromatic nitrogens is 2. The van der Waals surface area contributed by atoms with E-state index in [0.717, 1.165) is 23.6 Å². The lowest BCUT2D eigenvalue weighted by atomic mass is 9.81. The van der Waals surface area contributed by atoms with E-state index in [1.54, 1.807) is 7.11 Å². The summed E-state index contributed by atoms with van der Waals surface area (Å²) < 4.78 is 5.77. The van der Waals surface area contributed by atoms with Gasteiger partial charge < -0.3 is 15.0 Å². The van der Waals surface area contributed by atoms with Gasteiger partial charge in [0.25, 0.3) is 0 Å². The Kier molecular flexibility index (Phi) is 5.13. The topological polar surface area (TPSA) is 50.3 Å². The zero-order valence-corrected chi connectivity index (χ0v) is 17.2. The predicted molar refractivity (Wildman–Crippen MR) is 117 cm³/mol. The van der Waals surface area contributed by atoms with Crippen LogP contribution in [0.1, 0.15) is 55.7 Å². The Morgan fingerprint density at radius 1 is 1.03 bits per heavy atom. The third kappa shape index (κ3) is 3.70. The van der Waals surface area contributed by atoms with Crippen LogP contribution >= 0.6 is 0 Å². The molecule has 1 saturated heterocycles. The molecule has 1 atom stereocenters. The number of fused-ring (bicyclic) bond motifs is 1. The van der Waals surface area contributed by atoms with Gasteiger partial charge in [0.2, 0.25) is 5.95 Å². The molecule has 2 aliphatic carbocycles. The molecule has 2 fully saturated rings. The first-order valence-corrected chi connectivity index (χ1v) is 11.0. The third-order valence-electron chi connectivity index (χ3n) is 6.72. The first-order chi connectivity index (χ1) is 14.3. The molecule has 1 unspecified atom stereocenters. The molecule has 2 heterocycles. The highest BCUT2D eigenvalue weighted by molar-refractivity contribution is 5.60. The lowest BCUT2D eigenvalue weighted by molar-refractivity contribution is 0.232. The van der Waals surface area contributed by atoms with Crippen LogP contribution in [0.2, 0.25) is 0 Å². The van der Waals surface area contributed by atoms with E-state index in [1.165, 1.54) is 62.9 Å². The maximum Gasteiger partial charge on any atom is 0.227 e. The second-order valence-corrected chi connectivity index (χ2v) is 8.51. The minimum absolute atomic E-state index is 0.271. The van der Waals surface area contributed by atoms with Crippen molar-refractivity contribution in [3.8, 4) is 0 Å². The van der Waals surface area contributed by atoms with Crippen molar-refractivity contribution in [2.24, 2.45) is 5.92 Å². The van der Waals surface area contributed by atoms with Gasteiger partial charge in [0.05, 0.1) is 18.7 Å². The molecule has 0 radical (unpaired) electrons. The third-order valence-corrected chi connectivity index (χ3v) is 6.72. The lowest BCUT2D eigenvalue weighted by Gasteiger charge is -2.29. The quantitative estimate of drug-likeness (QED) is 0.762. The molecule has 0 spiro atoms. The van der Waals surface area contributed by atoms with Crippen LogP contribution < -0.4 is 10.2 Å². The average molecular weight is 391 g/mol. The first kappa shape index (κ1) is 18.5. The normalized spacial score (nSPS) is 21.8. The van der Waals surface area contributed by atoms with Crippen molar-refractivity contribution in [3.05, 3.63) is 53.6 Å². The van der Waals surface area contributed by atoms with Crippen molar-refractivity contribution in [1.29, 1.82) is 0 Å². The molecule has 3 aliphatic rings. The minimum atomic E-state index is 0.271. The van der Waals surface area contributed by atoms with Gasteiger partial charge in [0.15, 0.2) is 0 Å². The van der Waals surface area contributed by atoms with Gasteiger partial charge in [-0.05, 0) is 73.9 Å². The number of allylic oxidation sites excluding steroid dienone is 2. The van der Waals surface area contributed by atoms with E-state index >= 15 is 0 Å². The zero-order chi connectivity index (χ0) is 19.6. The van der Waals surface area contributed by atoms with Crippen LogP contribution in [0.4, 0.5) is 17.3 Å². The SMILES string of the molecule is COC1=CCc2cnc(Nc3ccc(N4CCCC4)cc3)nc2C1C1CCCC1. The van der Waals surface area contributed by atoms with Gasteiger partial charge in [-0.15, -0.1) is 0 Å². The second kappa shape index (κ2) is 8.05. The number of hydrogen-bond acceptors (Lipinski definition) is 5. The highest BCUT2D eigenvalue weighted by atomic mass is 16.5. The summed E-state index contributed by atoms with van der Waals surface area (Å²) in [7, 11) is 1.79. The zero-order valence-electron chi connectivity index (χ0n) is 17.2. The van der Waals surface area contributed by atoms with Crippen molar-refractivity contribution < 1.29 is 4.74 Å². The van der Waals surface area contributed by atoms with Crippen molar-refractivity contribution in [3.63, 3.8) is 0 Å². The van der Waals surface area contributed by atoms with Gasteiger partial charge in [0, 0.05) is 30.7 Å². The summed E-state index contributed by atoms with van der Waals surface area (Å²) in [6.45, 7) is 2.33. The number of nitrogens with one attached hydrogen (secondary N) is 1. The lowest BCUT2D eigenvalue weighted by Crippen LogP contribution is -2.21. The summed E-state index contributed by atoms with van der Waals surface area (Å²) >= 11 is 0. The summed E-state index contributed by atoms with van der Waals surface area (Å²) in [4.78, 5) is 12.0. The monoisotopic (exact) mass is 390 g/mol. The highest BCUT2D eigenvalue weighted by Crippen LogP contribution is 2.44. The standard InChI is InChI=1S/C24H30N4O/c1-29-21-13-8-18-16-25-24(27-23(18)22(21)17-6-2-3-7-17)26-19-9-11-20(12-10-19)28-14-4-5-15-28/h9-13,16-17,22H,2-8,14-15H2,1H3,(H,25,26,27). The maximum atomic E-state index is 5.77. The van der Waals surface area contributed by atoms with Crippen LogP contribution in [0.3, 0.4) is 0 Å². The van der Waals surface area contributed by atoms with Crippen molar-refractivity contribution in [2.75, 3.05) is 30.4 Å². The number of benzene rings is 1. The van der Waals surface area contributed by atoms with Crippen LogP contribution in [0.25, 0.3) is 0 Å². The van der Waals surface area contributed by atoms with E-state index in [1.807, 2.05) is 6.20 Å². The molecule has 0 bridgehead atoms. The van der Waals surface area contributed by atoms with E-state index in [4.69, 9.17) is 9.72 Å². The fraction of sp³-hybridized carbons (Fsp3) is 0.500. The summed E-state index contributed by atoms with van der Waals surface area (Å²) in [5.74, 6) is 2.66. The summed E-state index contributed by atoms with van der Waals surface area (Å²) in [6, 6.07) is 8.65. The largest absolute Gasteiger partial charge is 0.501 e. The summed E-state index contributed by atoms with van der Waals surface area (Å²) in [5, 5.41) is 3.41. The molecule has 5 heteroatoms. The van der Waals surface area contributed by atoms with E-state index < -0.39 is 0 Å². The van der Waals surface area contributed by atoms with Gasteiger partial charge in [-0.1, -0.05) is 12.8 Å². The molecule has 0 amide bonds. The van der Waals surface area contributed by atoms with Crippen LogP contribution in [-0.2, 0) is 11.2 Å². The van der Waals surface area contributed by atoms with E-state index in [9.17, 15) is 0 Å². The number of rotatable bonds is 5. The first-order valence-electron chi connectivity index (χ1n) is 11.0. The maximum absolute atomic E-state index is 5.77. The smallest absolute Gasteiger partial charge is 0.227 e. The fourth-order valence-corrected chi connectivity index (χ4v) is 5.20. The molecule has 5 rings (SSSR count). The molecule has 1 N–H and O–H groups in total. The number of ether oxygens (including phenoxy) is 1. The van der Waals surface area contributed by atoms with Crippen molar-refractivity contribution >= 4 is 17.3 Å². The van der Waals surface area contributed by atoms with Crippen LogP contribution in [0.5, 0.6) is 0 Å². The molecule has 1 saturated carbocycles. The number of nitrogens with zero attached hydrogens (tertiary/aromatic N) is 3. The van der Waals surface area contributed by atoms with E-state index in [0.29, 0.717) is 11.9 Å². The summed E-state index contributed by atoms with van der Waals surface area (Å²) in [6.07, 6.45) is 12.8. The van der Waals surface area contributed by atoms with Gasteiger partial charge in [0.1, 0.15) is 5.76 Å². The molecule has 2 aromatic rings. The fourth-order valence-electron chi connectivity index (χ4n) is 5.20. The molecular formula is C24H30N4O. The Labute approximate surface area is 173 Å². The Morgan fingerprint density at radius 3 is 2.52 bits per heavy atom. The molecule has 1 aromatic heterocycles. The Balaban J connectivity index is 1.38. The van der Waals surface area contributed by atoms with Crippen LogP contribution in [0.15, 0.2) is 42.3 Å². The van der Waals surface area contributed by atoms with Crippen LogP contribution in [0, 0.1) is 5.92 Å². The van der Waals surface area contributed by atoms with Gasteiger partial charge in [-0.3, -0.25) is 0 Å². The molecule has 29 heavy (non-hydrogen) atoms.